The van der Waals surface area contributed by atoms with Gasteiger partial charge in [0.25, 0.3) is 0 Å². The van der Waals surface area contributed by atoms with Crippen molar-refractivity contribution < 1.29 is 0 Å². The molecule has 0 aliphatic heterocycles. The number of aromatic nitrogens is 3. The minimum Gasteiger partial charge on any atom is -0.208 e. The predicted octanol–water partition coefficient (Wildman–Crippen LogP) is 9.90. The Morgan fingerprint density at radius 1 is 0.364 bits per heavy atom. The molecule has 0 fully saturated rings. The standard InChI is InChI=1S/C40H33N3Si/c1-44(2,3)37-25-24-34(35-22-10-11-23-36(35)37)32-20-12-18-30(26-32)31-19-13-21-33(27-31)40-42-38(28-14-6-4-7-15-28)41-39(43-40)29-16-8-5-9-17-29/h4-27H,1-3H3. The highest BCUT2D eigenvalue weighted by atomic mass is 28.3. The molecule has 0 unspecified atom stereocenters. The van der Waals surface area contributed by atoms with Crippen molar-refractivity contribution in [3.63, 3.8) is 0 Å². The predicted molar refractivity (Wildman–Crippen MR) is 187 cm³/mol. The maximum atomic E-state index is 4.94. The fraction of sp³-hybridized carbons (Fsp3) is 0.0750. The molecule has 7 aromatic rings. The van der Waals surface area contributed by atoms with Gasteiger partial charge in [0.15, 0.2) is 17.5 Å². The van der Waals surface area contributed by atoms with E-state index in [1.807, 2.05) is 60.7 Å². The van der Waals surface area contributed by atoms with Crippen LogP contribution in [0.2, 0.25) is 19.6 Å². The monoisotopic (exact) mass is 583 g/mol. The lowest BCUT2D eigenvalue weighted by Crippen LogP contribution is -2.38. The lowest BCUT2D eigenvalue weighted by atomic mass is 9.94. The molecular formula is C40H33N3Si. The van der Waals surface area contributed by atoms with Crippen LogP contribution in [0, 0.1) is 0 Å². The van der Waals surface area contributed by atoms with E-state index in [0.717, 1.165) is 27.8 Å². The van der Waals surface area contributed by atoms with Gasteiger partial charge in [0, 0.05) is 16.7 Å². The molecule has 0 amide bonds. The van der Waals surface area contributed by atoms with Crippen molar-refractivity contribution in [1.29, 1.82) is 0 Å². The van der Waals surface area contributed by atoms with E-state index in [0.29, 0.717) is 17.5 Å². The first kappa shape index (κ1) is 27.6. The number of rotatable bonds is 6. The Labute approximate surface area is 260 Å². The first-order valence-electron chi connectivity index (χ1n) is 15.0. The summed E-state index contributed by atoms with van der Waals surface area (Å²) in [5.41, 5.74) is 7.63. The van der Waals surface area contributed by atoms with Gasteiger partial charge in [-0.15, -0.1) is 0 Å². The van der Waals surface area contributed by atoms with Crippen molar-refractivity contribution >= 4 is 24.0 Å². The van der Waals surface area contributed by atoms with Crippen molar-refractivity contribution in [3.05, 3.63) is 146 Å². The summed E-state index contributed by atoms with van der Waals surface area (Å²) in [5, 5.41) is 4.18. The van der Waals surface area contributed by atoms with Gasteiger partial charge in [0.05, 0.1) is 8.07 Å². The third kappa shape index (κ3) is 5.48. The fourth-order valence-electron chi connectivity index (χ4n) is 5.85. The maximum Gasteiger partial charge on any atom is 0.164 e. The minimum absolute atomic E-state index is 0.656. The molecule has 4 heteroatoms. The van der Waals surface area contributed by atoms with Crippen molar-refractivity contribution in [1.82, 2.24) is 15.0 Å². The van der Waals surface area contributed by atoms with Crippen LogP contribution in [0.3, 0.4) is 0 Å². The largest absolute Gasteiger partial charge is 0.208 e. The Balaban J connectivity index is 1.32. The van der Waals surface area contributed by atoms with E-state index in [1.54, 1.807) is 0 Å². The van der Waals surface area contributed by atoms with E-state index in [9.17, 15) is 0 Å². The molecule has 0 aliphatic carbocycles. The van der Waals surface area contributed by atoms with Crippen molar-refractivity contribution in [2.24, 2.45) is 0 Å². The van der Waals surface area contributed by atoms with Crippen LogP contribution in [-0.4, -0.2) is 23.0 Å². The van der Waals surface area contributed by atoms with E-state index in [1.165, 1.54) is 27.1 Å². The third-order valence-corrected chi connectivity index (χ3v) is 10.1. The summed E-state index contributed by atoms with van der Waals surface area (Å²) < 4.78 is 0. The number of hydrogen-bond donors (Lipinski definition) is 0. The lowest BCUT2D eigenvalue weighted by Gasteiger charge is -2.21. The van der Waals surface area contributed by atoms with Gasteiger partial charge in [-0.2, -0.15) is 0 Å². The summed E-state index contributed by atoms with van der Waals surface area (Å²) in [4.78, 5) is 14.7. The SMILES string of the molecule is C[Si](C)(C)c1ccc(-c2cccc(-c3cccc(-c4nc(-c5ccccc5)nc(-c5ccccc5)n4)c3)c2)c2ccccc12. The van der Waals surface area contributed by atoms with Crippen LogP contribution in [0.25, 0.3) is 67.2 Å². The molecule has 0 aliphatic rings. The smallest absolute Gasteiger partial charge is 0.164 e. The van der Waals surface area contributed by atoms with Crippen LogP contribution in [0.1, 0.15) is 0 Å². The zero-order valence-electron chi connectivity index (χ0n) is 25.2. The maximum absolute atomic E-state index is 4.94. The van der Waals surface area contributed by atoms with Crippen molar-refractivity contribution in [2.75, 3.05) is 0 Å². The van der Waals surface area contributed by atoms with Gasteiger partial charge < -0.3 is 0 Å². The zero-order chi connectivity index (χ0) is 30.1. The number of benzene rings is 6. The van der Waals surface area contributed by atoms with Crippen LogP contribution >= 0.6 is 0 Å². The van der Waals surface area contributed by atoms with Gasteiger partial charge in [-0.3, -0.25) is 0 Å². The van der Waals surface area contributed by atoms with Crippen molar-refractivity contribution in [2.45, 2.75) is 19.6 Å². The molecule has 1 aromatic heterocycles. The molecule has 0 saturated carbocycles. The number of fused-ring (bicyclic) bond motifs is 1. The molecule has 0 N–H and O–H groups in total. The summed E-state index contributed by atoms with van der Waals surface area (Å²) in [6.45, 7) is 7.25. The second kappa shape index (κ2) is 11.5. The first-order valence-corrected chi connectivity index (χ1v) is 18.5. The first-order chi connectivity index (χ1) is 21.4. The van der Waals surface area contributed by atoms with Gasteiger partial charge in [0.1, 0.15) is 0 Å². The Hall–Kier alpha value is -5.19. The van der Waals surface area contributed by atoms with E-state index < -0.39 is 8.07 Å². The number of hydrogen-bond acceptors (Lipinski definition) is 3. The molecule has 6 aromatic carbocycles. The van der Waals surface area contributed by atoms with Crippen molar-refractivity contribution in [3.8, 4) is 56.4 Å². The Morgan fingerprint density at radius 2 is 0.795 bits per heavy atom. The second-order valence-corrected chi connectivity index (χ2v) is 17.2. The van der Waals surface area contributed by atoms with Crippen LogP contribution in [0.4, 0.5) is 0 Å². The van der Waals surface area contributed by atoms with E-state index in [4.69, 9.17) is 15.0 Å². The van der Waals surface area contributed by atoms with E-state index >= 15 is 0 Å². The van der Waals surface area contributed by atoms with Crippen LogP contribution in [0.15, 0.2) is 146 Å². The van der Waals surface area contributed by atoms with Crippen LogP contribution < -0.4 is 5.19 Å². The normalized spacial score (nSPS) is 11.5. The third-order valence-electron chi connectivity index (χ3n) is 8.06. The second-order valence-electron chi connectivity index (χ2n) is 12.2. The van der Waals surface area contributed by atoms with Crippen LogP contribution in [0.5, 0.6) is 0 Å². The molecule has 0 spiro atoms. The Kier molecular flexibility index (Phi) is 7.21. The molecular weight excluding hydrogens is 551 g/mol. The quantitative estimate of drug-likeness (QED) is 0.183. The highest BCUT2D eigenvalue weighted by molar-refractivity contribution is 6.90. The average molecular weight is 584 g/mol. The van der Waals surface area contributed by atoms with E-state index in [2.05, 4.69) is 105 Å². The molecule has 0 saturated heterocycles. The Morgan fingerprint density at radius 3 is 1.36 bits per heavy atom. The molecule has 1 heterocycles. The minimum atomic E-state index is -1.49. The van der Waals surface area contributed by atoms with E-state index in [-0.39, 0.29) is 0 Å². The molecule has 3 nitrogen and oxygen atoms in total. The molecule has 44 heavy (non-hydrogen) atoms. The molecule has 212 valence electrons. The molecule has 0 bridgehead atoms. The Bertz CT molecular complexity index is 2040. The van der Waals surface area contributed by atoms with Gasteiger partial charge in [-0.1, -0.05) is 158 Å². The van der Waals surface area contributed by atoms with Crippen LogP contribution in [-0.2, 0) is 0 Å². The summed E-state index contributed by atoms with van der Waals surface area (Å²) in [6.07, 6.45) is 0. The zero-order valence-corrected chi connectivity index (χ0v) is 26.2. The summed E-state index contributed by atoms with van der Waals surface area (Å²) in [5.74, 6) is 1.98. The molecule has 0 radical (unpaired) electrons. The topological polar surface area (TPSA) is 38.7 Å². The average Bonchev–Trinajstić information content (AvgIpc) is 3.08. The summed E-state index contributed by atoms with van der Waals surface area (Å²) >= 11 is 0. The lowest BCUT2D eigenvalue weighted by molar-refractivity contribution is 1.07. The molecule has 0 atom stereocenters. The van der Waals surface area contributed by atoms with Gasteiger partial charge in [0.2, 0.25) is 0 Å². The fourth-order valence-corrected chi connectivity index (χ4v) is 7.46. The highest BCUT2D eigenvalue weighted by Crippen LogP contribution is 2.33. The van der Waals surface area contributed by atoms with Gasteiger partial charge >= 0.3 is 0 Å². The number of nitrogens with zero attached hydrogens (tertiary/aromatic N) is 3. The van der Waals surface area contributed by atoms with Gasteiger partial charge in [-0.25, -0.2) is 15.0 Å². The van der Waals surface area contributed by atoms with Gasteiger partial charge in [-0.05, 0) is 45.2 Å². The molecule has 7 rings (SSSR count). The highest BCUT2D eigenvalue weighted by Gasteiger charge is 2.20. The summed E-state index contributed by atoms with van der Waals surface area (Å²) in [7, 11) is -1.49. The summed E-state index contributed by atoms with van der Waals surface area (Å²) in [6, 6.07) is 51.1.